The smallest absolute Gasteiger partial charge is 0.270 e. The summed E-state index contributed by atoms with van der Waals surface area (Å²) >= 11 is -1.44. The highest BCUT2D eigenvalue weighted by Gasteiger charge is 2.46. The van der Waals surface area contributed by atoms with E-state index in [1.54, 1.807) is 0 Å². The van der Waals surface area contributed by atoms with E-state index in [0.29, 0.717) is 5.56 Å². The van der Waals surface area contributed by atoms with Crippen LogP contribution in [0.2, 0.25) is 0 Å². The van der Waals surface area contributed by atoms with Crippen molar-refractivity contribution in [3.05, 3.63) is 29.6 Å². The summed E-state index contributed by atoms with van der Waals surface area (Å²) in [5.74, 6) is -1.10. The van der Waals surface area contributed by atoms with Gasteiger partial charge in [0.25, 0.3) is 5.91 Å². The standard InChI is InChI=1S/C12H14FN3O3S/c1-12(15-18)10(14-16(2)11(12)17)7-4-5-9(20(3)19)8(13)6-7/h4-6,15,18H,1-3H3. The summed E-state index contributed by atoms with van der Waals surface area (Å²) in [4.78, 5) is 12.0. The first-order chi connectivity index (χ1) is 9.31. The Kier molecular flexibility index (Phi) is 3.83. The molecule has 8 heteroatoms. The van der Waals surface area contributed by atoms with Crippen molar-refractivity contribution in [3.63, 3.8) is 0 Å². The van der Waals surface area contributed by atoms with Crippen LogP contribution in [0.4, 0.5) is 4.39 Å². The largest absolute Gasteiger partial charge is 0.612 e. The molecule has 0 spiro atoms. The molecule has 6 nitrogen and oxygen atoms in total. The molecule has 2 N–H and O–H groups in total. The van der Waals surface area contributed by atoms with Gasteiger partial charge in [0, 0.05) is 12.6 Å². The van der Waals surface area contributed by atoms with Crippen molar-refractivity contribution in [3.8, 4) is 0 Å². The minimum Gasteiger partial charge on any atom is -0.612 e. The maximum Gasteiger partial charge on any atom is 0.270 e. The van der Waals surface area contributed by atoms with Crippen LogP contribution in [0.15, 0.2) is 28.2 Å². The second-order valence-electron chi connectivity index (χ2n) is 4.61. The van der Waals surface area contributed by atoms with Crippen molar-refractivity contribution in [1.82, 2.24) is 10.5 Å². The fourth-order valence-electron chi connectivity index (χ4n) is 2.05. The van der Waals surface area contributed by atoms with Gasteiger partial charge in [0.15, 0.2) is 16.3 Å². The highest BCUT2D eigenvalue weighted by Crippen LogP contribution is 2.25. The third kappa shape index (κ3) is 2.20. The average Bonchev–Trinajstić information content (AvgIpc) is 2.63. The zero-order chi connectivity index (χ0) is 15.1. The third-order valence-electron chi connectivity index (χ3n) is 3.18. The first-order valence-corrected chi connectivity index (χ1v) is 7.29. The number of amides is 1. The van der Waals surface area contributed by atoms with E-state index in [1.165, 1.54) is 32.4 Å². The van der Waals surface area contributed by atoms with Gasteiger partial charge in [0.2, 0.25) is 0 Å². The molecular formula is C12H14FN3O3S. The number of hydroxylamine groups is 1. The number of carbonyl (C=O) groups is 1. The van der Waals surface area contributed by atoms with Gasteiger partial charge < -0.3 is 9.76 Å². The predicted octanol–water partition coefficient (Wildman–Crippen LogP) is 0.477. The summed E-state index contributed by atoms with van der Waals surface area (Å²) in [7, 11) is 1.44. The monoisotopic (exact) mass is 299 g/mol. The number of rotatable bonds is 3. The summed E-state index contributed by atoms with van der Waals surface area (Å²) in [6.45, 7) is 1.45. The van der Waals surface area contributed by atoms with E-state index in [2.05, 4.69) is 5.10 Å². The summed E-state index contributed by atoms with van der Waals surface area (Å²) in [5.41, 5.74) is 1.01. The number of hydrogen-bond donors (Lipinski definition) is 2. The molecule has 0 fully saturated rings. The Hall–Kier alpha value is -1.48. The molecule has 20 heavy (non-hydrogen) atoms. The first kappa shape index (κ1) is 14.9. The molecule has 1 aliphatic rings. The van der Waals surface area contributed by atoms with E-state index in [4.69, 9.17) is 0 Å². The third-order valence-corrected chi connectivity index (χ3v) is 4.13. The van der Waals surface area contributed by atoms with Crippen LogP contribution in [0.3, 0.4) is 0 Å². The van der Waals surface area contributed by atoms with E-state index < -0.39 is 28.4 Å². The predicted molar refractivity (Wildman–Crippen MR) is 71.4 cm³/mol. The van der Waals surface area contributed by atoms with E-state index in [1.807, 2.05) is 5.48 Å². The molecule has 0 aliphatic carbocycles. The van der Waals surface area contributed by atoms with Crippen LogP contribution in [-0.2, 0) is 16.0 Å². The second-order valence-corrected chi connectivity index (χ2v) is 5.96. The van der Waals surface area contributed by atoms with Crippen LogP contribution in [0, 0.1) is 5.82 Å². The van der Waals surface area contributed by atoms with Gasteiger partial charge in [-0.3, -0.25) is 4.79 Å². The molecule has 0 radical (unpaired) electrons. The van der Waals surface area contributed by atoms with Gasteiger partial charge in [-0.2, -0.15) is 10.6 Å². The van der Waals surface area contributed by atoms with Crippen LogP contribution in [0.5, 0.6) is 0 Å². The maximum absolute atomic E-state index is 13.9. The molecule has 2 unspecified atom stereocenters. The van der Waals surface area contributed by atoms with Crippen molar-refractivity contribution >= 4 is 22.8 Å². The number of nitrogens with zero attached hydrogens (tertiary/aromatic N) is 2. The van der Waals surface area contributed by atoms with E-state index in [9.17, 15) is 18.9 Å². The van der Waals surface area contributed by atoms with Gasteiger partial charge in [-0.1, -0.05) is 0 Å². The molecule has 2 atom stereocenters. The number of carbonyl (C=O) groups excluding carboxylic acids is 1. The first-order valence-electron chi connectivity index (χ1n) is 5.73. The van der Waals surface area contributed by atoms with Gasteiger partial charge in [-0.25, -0.2) is 9.40 Å². The van der Waals surface area contributed by atoms with Crippen LogP contribution in [-0.4, -0.2) is 45.2 Å². The van der Waals surface area contributed by atoms with Gasteiger partial charge in [0.05, 0.1) is 0 Å². The number of hydrazone groups is 1. The number of hydrogen-bond acceptors (Lipinski definition) is 5. The Morgan fingerprint density at radius 3 is 2.70 bits per heavy atom. The molecule has 1 amide bonds. The normalized spacial score (nSPS) is 24.0. The summed E-state index contributed by atoms with van der Waals surface area (Å²) in [5, 5.41) is 14.3. The van der Waals surface area contributed by atoms with Crippen molar-refractivity contribution in [2.24, 2.45) is 5.10 Å². The molecule has 2 rings (SSSR count). The fraction of sp³-hybridized carbons (Fsp3) is 0.333. The Morgan fingerprint density at radius 1 is 1.55 bits per heavy atom. The molecule has 1 aliphatic heterocycles. The second kappa shape index (κ2) is 5.13. The molecule has 0 saturated heterocycles. The lowest BCUT2D eigenvalue weighted by Gasteiger charge is -2.21. The van der Waals surface area contributed by atoms with Gasteiger partial charge in [-0.15, -0.1) is 0 Å². The Morgan fingerprint density at radius 2 is 2.20 bits per heavy atom. The number of benzene rings is 1. The Bertz CT molecular complexity index is 593. The van der Waals surface area contributed by atoms with E-state index >= 15 is 0 Å². The summed E-state index contributed by atoms with van der Waals surface area (Å²) in [6, 6.07) is 4.04. The SMILES string of the molecule is CN1N=C(c2ccc([S+](C)[O-])c(F)c2)C(C)(NO)C1=O. The van der Waals surface area contributed by atoms with Gasteiger partial charge >= 0.3 is 0 Å². The molecule has 0 saturated carbocycles. The number of nitrogens with one attached hydrogen (secondary N) is 1. The fourth-order valence-corrected chi connectivity index (χ4v) is 2.64. The zero-order valence-corrected chi connectivity index (χ0v) is 12.0. The molecule has 0 bridgehead atoms. The highest BCUT2D eigenvalue weighted by molar-refractivity contribution is 7.90. The summed E-state index contributed by atoms with van der Waals surface area (Å²) < 4.78 is 25.2. The van der Waals surface area contributed by atoms with E-state index in [-0.39, 0.29) is 10.6 Å². The molecule has 0 aromatic heterocycles. The minimum absolute atomic E-state index is 0.0747. The molecular weight excluding hydrogens is 285 g/mol. The molecule has 1 aromatic rings. The molecule has 108 valence electrons. The lowest BCUT2D eigenvalue weighted by molar-refractivity contribution is -0.134. The average molecular weight is 299 g/mol. The highest BCUT2D eigenvalue weighted by atomic mass is 32.2. The number of halogens is 1. The van der Waals surface area contributed by atoms with Crippen molar-refractivity contribution in [2.75, 3.05) is 13.3 Å². The minimum atomic E-state index is -1.44. The van der Waals surface area contributed by atoms with Crippen LogP contribution >= 0.6 is 0 Å². The van der Waals surface area contributed by atoms with Crippen molar-refractivity contribution in [1.29, 1.82) is 0 Å². The van der Waals surface area contributed by atoms with Crippen molar-refractivity contribution in [2.45, 2.75) is 17.4 Å². The molecule has 1 aromatic carbocycles. The zero-order valence-electron chi connectivity index (χ0n) is 11.2. The lowest BCUT2D eigenvalue weighted by Crippen LogP contribution is -2.53. The van der Waals surface area contributed by atoms with Crippen LogP contribution in [0.1, 0.15) is 12.5 Å². The maximum atomic E-state index is 13.9. The van der Waals surface area contributed by atoms with Crippen LogP contribution in [0.25, 0.3) is 0 Å². The topological polar surface area (TPSA) is 88.0 Å². The van der Waals surface area contributed by atoms with Gasteiger partial charge in [0.1, 0.15) is 12.0 Å². The lowest BCUT2D eigenvalue weighted by atomic mass is 9.91. The number of likely N-dealkylation sites (N-methyl/N-ethyl adjacent to an activating group) is 1. The van der Waals surface area contributed by atoms with Crippen LogP contribution < -0.4 is 5.48 Å². The quantitative estimate of drug-likeness (QED) is 0.627. The Labute approximate surface area is 118 Å². The Balaban J connectivity index is 2.49. The van der Waals surface area contributed by atoms with Crippen molar-refractivity contribution < 1.29 is 18.9 Å². The van der Waals surface area contributed by atoms with E-state index in [0.717, 1.165) is 11.1 Å². The molecule has 1 heterocycles. The summed E-state index contributed by atoms with van der Waals surface area (Å²) in [6.07, 6.45) is 1.38. The van der Waals surface area contributed by atoms with Gasteiger partial charge in [-0.05, 0) is 36.3 Å².